The second-order valence-corrected chi connectivity index (χ2v) is 7.41. The number of benzene rings is 1. The highest BCUT2D eigenvalue weighted by atomic mass is 16.5. The van der Waals surface area contributed by atoms with Crippen LogP contribution in [0.1, 0.15) is 18.4 Å². The molecule has 1 unspecified atom stereocenters. The molecule has 1 fully saturated rings. The first-order valence-corrected chi connectivity index (χ1v) is 9.77. The normalized spacial score (nSPS) is 24.4. The molecule has 5 rings (SSSR count). The van der Waals surface area contributed by atoms with Crippen LogP contribution in [-0.4, -0.2) is 47.1 Å². The zero-order valence-corrected chi connectivity index (χ0v) is 16.0. The van der Waals surface area contributed by atoms with Gasteiger partial charge in [0, 0.05) is 18.7 Å². The van der Waals surface area contributed by atoms with Gasteiger partial charge in [-0.2, -0.15) is 10.8 Å². The van der Waals surface area contributed by atoms with E-state index >= 15 is 0 Å². The zero-order valence-electron chi connectivity index (χ0n) is 16.0. The number of hydrogen-bond donors (Lipinski definition) is 1. The number of nitrogens with two attached hydrogens (primary N) is 1. The van der Waals surface area contributed by atoms with Crippen molar-refractivity contribution in [3.8, 4) is 5.75 Å². The number of aliphatic imine (C=N–C) groups is 2. The number of quaternary nitrogens is 1. The van der Waals surface area contributed by atoms with E-state index in [1.165, 1.54) is 0 Å². The maximum atomic E-state index is 12.3. The number of ether oxygens (including phenoxy) is 1. The maximum Gasteiger partial charge on any atom is 0.265 e. The van der Waals surface area contributed by atoms with Crippen molar-refractivity contribution in [3.63, 3.8) is 0 Å². The van der Waals surface area contributed by atoms with Crippen molar-refractivity contribution in [2.45, 2.75) is 12.8 Å². The summed E-state index contributed by atoms with van der Waals surface area (Å²) in [7, 11) is 0. The van der Waals surface area contributed by atoms with Crippen LogP contribution >= 0.6 is 0 Å². The molecule has 0 bridgehead atoms. The molecule has 2 N–H and O–H groups in total. The van der Waals surface area contributed by atoms with E-state index in [1.807, 2.05) is 53.6 Å². The number of nitrogens with zero attached hydrogens (tertiary/aromatic N) is 4. The van der Waals surface area contributed by atoms with Gasteiger partial charge in [-0.15, -0.1) is 4.59 Å². The van der Waals surface area contributed by atoms with Crippen molar-refractivity contribution in [2.75, 3.05) is 19.7 Å². The summed E-state index contributed by atoms with van der Waals surface area (Å²) in [5.74, 6) is 8.06. The van der Waals surface area contributed by atoms with Crippen LogP contribution in [-0.2, 0) is 4.79 Å². The molecule has 0 saturated carbocycles. The highest BCUT2D eigenvalue weighted by molar-refractivity contribution is 6.01. The van der Waals surface area contributed by atoms with Crippen LogP contribution in [0.25, 0.3) is 0 Å². The van der Waals surface area contributed by atoms with Crippen LogP contribution < -0.4 is 10.6 Å². The fraction of sp³-hybridized carbons (Fsp3) is 0.227. The monoisotopic (exact) mass is 388 g/mol. The Balaban J connectivity index is 1.40. The first kappa shape index (κ1) is 17.8. The van der Waals surface area contributed by atoms with Gasteiger partial charge in [0.15, 0.2) is 6.61 Å². The van der Waals surface area contributed by atoms with E-state index in [0.717, 1.165) is 48.5 Å². The number of amides is 1. The second-order valence-electron chi connectivity index (χ2n) is 7.41. The van der Waals surface area contributed by atoms with Gasteiger partial charge in [0.25, 0.3) is 11.7 Å². The fourth-order valence-corrected chi connectivity index (χ4v) is 3.87. The third-order valence-electron chi connectivity index (χ3n) is 5.53. The third-order valence-corrected chi connectivity index (χ3v) is 5.53. The predicted molar refractivity (Wildman–Crippen MR) is 111 cm³/mol. The zero-order chi connectivity index (χ0) is 19.8. The third kappa shape index (κ3) is 3.04. The number of likely N-dealkylation sites (tertiary alicyclic amines) is 1. The average Bonchev–Trinajstić information content (AvgIpc) is 3.32. The van der Waals surface area contributed by atoms with Crippen molar-refractivity contribution < 1.29 is 14.1 Å². The highest BCUT2D eigenvalue weighted by Gasteiger charge is 2.44. The van der Waals surface area contributed by atoms with Crippen LogP contribution in [0, 0.1) is 0 Å². The molecule has 0 radical (unpaired) electrons. The van der Waals surface area contributed by atoms with E-state index in [9.17, 15) is 4.79 Å². The molecule has 7 nitrogen and oxygen atoms in total. The van der Waals surface area contributed by atoms with Crippen molar-refractivity contribution in [3.05, 3.63) is 77.4 Å². The molecule has 3 heterocycles. The number of hydrogen-bond acceptors (Lipinski definition) is 5. The van der Waals surface area contributed by atoms with Gasteiger partial charge in [-0.3, -0.25) is 9.79 Å². The van der Waals surface area contributed by atoms with Crippen LogP contribution in [0.15, 0.2) is 81.8 Å². The minimum absolute atomic E-state index is 0.0264. The van der Waals surface area contributed by atoms with Crippen molar-refractivity contribution in [1.29, 1.82) is 0 Å². The standard InChI is InChI=1S/C22H22N5O2/c23-27-12-9-24-14-19(27)21(16-5-3-6-16)25-22(27)17-7-4-8-18(13-17)29-15-20(28)26-10-1-2-11-26/h3-9,12-14H,1-2,10-11,15,23H2/q+1. The summed E-state index contributed by atoms with van der Waals surface area (Å²) < 4.78 is 5.74. The van der Waals surface area contributed by atoms with Gasteiger partial charge < -0.3 is 9.64 Å². The minimum Gasteiger partial charge on any atom is -0.484 e. The Morgan fingerprint density at radius 1 is 1.28 bits per heavy atom. The Kier molecular flexibility index (Phi) is 4.26. The SMILES string of the molecule is N[N+]12C=CN=CC1=C(C1=CC=C1)N=C2c1cccc(OCC(=O)N2CCCC2)c1. The van der Waals surface area contributed by atoms with Crippen LogP contribution in [0.4, 0.5) is 0 Å². The van der Waals surface area contributed by atoms with Gasteiger partial charge in [-0.1, -0.05) is 24.3 Å². The molecule has 1 aromatic carbocycles. The van der Waals surface area contributed by atoms with Gasteiger partial charge in [0.1, 0.15) is 17.6 Å². The molecular formula is C22H22N5O2+. The Morgan fingerprint density at radius 3 is 2.86 bits per heavy atom. The Hall–Kier alpha value is -3.29. The van der Waals surface area contributed by atoms with Crippen molar-refractivity contribution in [2.24, 2.45) is 15.8 Å². The number of rotatable bonds is 5. The quantitative estimate of drug-likeness (QED) is 0.621. The first-order valence-electron chi connectivity index (χ1n) is 9.77. The van der Waals surface area contributed by atoms with Gasteiger partial charge in [-0.25, -0.2) is 0 Å². The van der Waals surface area contributed by atoms with E-state index in [2.05, 4.69) is 4.99 Å². The van der Waals surface area contributed by atoms with E-state index in [4.69, 9.17) is 15.6 Å². The molecule has 1 amide bonds. The summed E-state index contributed by atoms with van der Waals surface area (Å²) in [6.07, 6.45) is 13.4. The van der Waals surface area contributed by atoms with E-state index in [-0.39, 0.29) is 17.1 Å². The van der Waals surface area contributed by atoms with Gasteiger partial charge >= 0.3 is 0 Å². The topological polar surface area (TPSA) is 80.3 Å². The molecule has 4 aliphatic rings. The molecule has 146 valence electrons. The molecule has 1 atom stereocenters. The van der Waals surface area contributed by atoms with Crippen LogP contribution in [0.3, 0.4) is 0 Å². The molecule has 0 aromatic heterocycles. The molecule has 1 aliphatic carbocycles. The molecule has 7 heteroatoms. The summed E-state index contributed by atoms with van der Waals surface area (Å²) in [5.41, 5.74) is 3.53. The van der Waals surface area contributed by atoms with Crippen molar-refractivity contribution >= 4 is 18.0 Å². The lowest BCUT2D eigenvalue weighted by atomic mass is 10.0. The van der Waals surface area contributed by atoms with Crippen molar-refractivity contribution in [1.82, 2.24) is 4.90 Å². The fourth-order valence-electron chi connectivity index (χ4n) is 3.87. The first-order chi connectivity index (χ1) is 14.1. The second kappa shape index (κ2) is 6.95. The molecule has 29 heavy (non-hydrogen) atoms. The summed E-state index contributed by atoms with van der Waals surface area (Å²) in [4.78, 5) is 23.2. The lowest BCUT2D eigenvalue weighted by molar-refractivity contribution is -0.750. The minimum atomic E-state index is -0.0415. The van der Waals surface area contributed by atoms with E-state index in [0.29, 0.717) is 11.6 Å². The smallest absolute Gasteiger partial charge is 0.265 e. The number of amidine groups is 1. The number of fused-ring (bicyclic) bond motifs is 1. The van der Waals surface area contributed by atoms with Crippen LogP contribution in [0.5, 0.6) is 5.75 Å². The highest BCUT2D eigenvalue weighted by Crippen LogP contribution is 2.36. The van der Waals surface area contributed by atoms with E-state index in [1.54, 1.807) is 12.4 Å². The molecule has 0 spiro atoms. The maximum absolute atomic E-state index is 12.3. The Bertz CT molecular complexity index is 1060. The summed E-state index contributed by atoms with van der Waals surface area (Å²) >= 11 is 0. The number of carbonyl (C=O) groups excluding carboxylic acids is 1. The van der Waals surface area contributed by atoms with Gasteiger partial charge in [0.05, 0.1) is 18.0 Å². The van der Waals surface area contributed by atoms with E-state index < -0.39 is 0 Å². The summed E-state index contributed by atoms with van der Waals surface area (Å²) in [6.45, 7) is 1.68. The Labute approximate surface area is 169 Å². The lowest BCUT2D eigenvalue weighted by Crippen LogP contribution is -2.53. The Morgan fingerprint density at radius 2 is 2.10 bits per heavy atom. The molecule has 1 aromatic rings. The average molecular weight is 388 g/mol. The molecular weight excluding hydrogens is 366 g/mol. The molecule has 3 aliphatic heterocycles. The number of allylic oxidation sites excluding steroid dienone is 4. The number of carbonyl (C=O) groups is 1. The van der Waals surface area contributed by atoms with Gasteiger partial charge in [-0.05, 0) is 31.0 Å². The summed E-state index contributed by atoms with van der Waals surface area (Å²) in [5, 5.41) is 0. The molecule has 1 saturated heterocycles. The summed E-state index contributed by atoms with van der Waals surface area (Å²) in [6, 6.07) is 7.57. The van der Waals surface area contributed by atoms with Crippen LogP contribution in [0.2, 0.25) is 0 Å². The largest absolute Gasteiger partial charge is 0.484 e. The van der Waals surface area contributed by atoms with Gasteiger partial charge in [0.2, 0.25) is 5.70 Å². The predicted octanol–water partition coefficient (Wildman–Crippen LogP) is 2.40. The lowest BCUT2D eigenvalue weighted by Gasteiger charge is -2.26.